The molecule has 3 heteroatoms. The van der Waals surface area contributed by atoms with Gasteiger partial charge in [-0.15, -0.1) is 0 Å². The van der Waals surface area contributed by atoms with Crippen LogP contribution in [-0.2, 0) is 4.79 Å². The second kappa shape index (κ2) is 4.72. The van der Waals surface area contributed by atoms with Crippen molar-refractivity contribution >= 4 is 21.8 Å². The van der Waals surface area contributed by atoms with Crippen LogP contribution >= 0.6 is 15.9 Å². The molecule has 1 aliphatic heterocycles. The highest BCUT2D eigenvalue weighted by molar-refractivity contribution is 9.09. The molecule has 0 N–H and O–H groups in total. The third kappa shape index (κ3) is 1.91. The van der Waals surface area contributed by atoms with Gasteiger partial charge in [0.05, 0.1) is 5.41 Å². The number of likely N-dealkylation sites (tertiary alicyclic amines) is 1. The molecule has 5 rings (SSSR count). The first kappa shape index (κ1) is 13.6. The van der Waals surface area contributed by atoms with E-state index < -0.39 is 0 Å². The maximum atomic E-state index is 13.3. The fourth-order valence-electron chi connectivity index (χ4n) is 6.17. The molecule has 0 spiro atoms. The Labute approximate surface area is 130 Å². The lowest BCUT2D eigenvalue weighted by Gasteiger charge is -2.56. The van der Waals surface area contributed by atoms with E-state index in [1.54, 1.807) is 0 Å². The summed E-state index contributed by atoms with van der Waals surface area (Å²) in [4.78, 5) is 15.6. The molecule has 2 unspecified atom stereocenters. The Kier molecular flexibility index (Phi) is 3.21. The molecule has 5 aliphatic rings. The van der Waals surface area contributed by atoms with Crippen molar-refractivity contribution in [1.29, 1.82) is 0 Å². The van der Waals surface area contributed by atoms with Crippen molar-refractivity contribution in [1.82, 2.24) is 4.90 Å². The molecule has 1 amide bonds. The Balaban J connectivity index is 1.59. The molecule has 0 aromatic rings. The van der Waals surface area contributed by atoms with Gasteiger partial charge in [0.2, 0.25) is 5.91 Å². The molecule has 2 nitrogen and oxygen atoms in total. The number of amides is 1. The van der Waals surface area contributed by atoms with E-state index in [0.29, 0.717) is 17.9 Å². The van der Waals surface area contributed by atoms with E-state index in [1.807, 2.05) is 0 Å². The van der Waals surface area contributed by atoms with Crippen molar-refractivity contribution in [2.45, 2.75) is 57.9 Å². The summed E-state index contributed by atoms with van der Waals surface area (Å²) in [7, 11) is 0. The van der Waals surface area contributed by atoms with E-state index in [2.05, 4.69) is 27.8 Å². The third-order valence-electron chi connectivity index (χ3n) is 6.79. The maximum Gasteiger partial charge on any atom is 0.229 e. The minimum absolute atomic E-state index is 0.0548. The zero-order chi connectivity index (χ0) is 13.9. The summed E-state index contributed by atoms with van der Waals surface area (Å²) in [5, 5.41) is 0.951. The lowest BCUT2D eigenvalue weighted by atomic mass is 9.49. The van der Waals surface area contributed by atoms with Crippen molar-refractivity contribution in [2.24, 2.45) is 29.1 Å². The van der Waals surface area contributed by atoms with Crippen molar-refractivity contribution in [3.05, 3.63) is 0 Å². The highest BCUT2D eigenvalue weighted by Gasteiger charge is 2.56. The van der Waals surface area contributed by atoms with E-state index in [-0.39, 0.29) is 5.41 Å². The molecule has 0 radical (unpaired) electrons. The topological polar surface area (TPSA) is 20.3 Å². The van der Waals surface area contributed by atoms with Gasteiger partial charge in [0.15, 0.2) is 0 Å². The molecular weight excluding hydrogens is 314 g/mol. The quantitative estimate of drug-likeness (QED) is 0.700. The zero-order valence-corrected chi connectivity index (χ0v) is 14.1. The third-order valence-corrected chi connectivity index (χ3v) is 7.46. The Morgan fingerprint density at radius 2 is 1.70 bits per heavy atom. The first-order valence-electron chi connectivity index (χ1n) is 8.48. The van der Waals surface area contributed by atoms with E-state index in [4.69, 9.17) is 0 Å². The lowest BCUT2D eigenvalue weighted by molar-refractivity contribution is -0.158. The first-order valence-corrected chi connectivity index (χ1v) is 9.60. The molecule has 4 saturated carbocycles. The second-order valence-electron chi connectivity index (χ2n) is 8.18. The molecule has 0 aromatic carbocycles. The van der Waals surface area contributed by atoms with Gasteiger partial charge in [-0.05, 0) is 68.6 Å². The predicted octanol–water partition coefficient (Wildman–Crippen LogP) is 3.83. The van der Waals surface area contributed by atoms with Gasteiger partial charge in [-0.3, -0.25) is 4.79 Å². The number of halogens is 1. The highest BCUT2D eigenvalue weighted by Crippen LogP contribution is 2.60. The molecule has 4 aliphatic carbocycles. The molecule has 2 atom stereocenters. The SMILES string of the molecule is CC1CCN(C(=O)C23CC4CC(CC(C4)C2)C3)C1CBr. The zero-order valence-electron chi connectivity index (χ0n) is 12.5. The standard InChI is InChI=1S/C17H26BrNO/c1-11-2-3-19(15(11)10-18)16(20)17-7-12-4-13(8-17)6-14(5-12)9-17/h11-15H,2-10H2,1H3. The Hall–Kier alpha value is -0.0500. The maximum absolute atomic E-state index is 13.3. The smallest absolute Gasteiger partial charge is 0.229 e. The lowest BCUT2D eigenvalue weighted by Crippen LogP contribution is -2.56. The van der Waals surface area contributed by atoms with Crippen LogP contribution < -0.4 is 0 Å². The van der Waals surface area contributed by atoms with Crippen LogP contribution in [0.15, 0.2) is 0 Å². The summed E-state index contributed by atoms with van der Waals surface area (Å²) in [6.45, 7) is 3.30. The van der Waals surface area contributed by atoms with Crippen LogP contribution in [0.1, 0.15) is 51.9 Å². The molecule has 4 bridgehead atoms. The second-order valence-corrected chi connectivity index (χ2v) is 8.83. The average Bonchev–Trinajstić information content (AvgIpc) is 2.77. The molecule has 20 heavy (non-hydrogen) atoms. The summed E-state index contributed by atoms with van der Waals surface area (Å²) in [5.74, 6) is 3.80. The monoisotopic (exact) mass is 339 g/mol. The van der Waals surface area contributed by atoms with Crippen LogP contribution in [0.4, 0.5) is 0 Å². The van der Waals surface area contributed by atoms with Crippen LogP contribution in [0.2, 0.25) is 0 Å². The van der Waals surface area contributed by atoms with Crippen molar-refractivity contribution < 1.29 is 4.79 Å². The molecule has 5 fully saturated rings. The molecule has 0 aromatic heterocycles. The minimum Gasteiger partial charge on any atom is -0.338 e. The van der Waals surface area contributed by atoms with Gasteiger partial charge in [0.1, 0.15) is 0 Å². The van der Waals surface area contributed by atoms with Gasteiger partial charge in [-0.1, -0.05) is 22.9 Å². The van der Waals surface area contributed by atoms with Gasteiger partial charge in [-0.25, -0.2) is 0 Å². The number of alkyl halides is 1. The van der Waals surface area contributed by atoms with Crippen LogP contribution in [0.5, 0.6) is 0 Å². The van der Waals surface area contributed by atoms with E-state index in [9.17, 15) is 4.79 Å². The predicted molar refractivity (Wildman–Crippen MR) is 83.7 cm³/mol. The van der Waals surface area contributed by atoms with E-state index >= 15 is 0 Å². The van der Waals surface area contributed by atoms with Gasteiger partial charge in [-0.2, -0.15) is 0 Å². The highest BCUT2D eigenvalue weighted by atomic mass is 79.9. The average molecular weight is 340 g/mol. The molecule has 1 heterocycles. The van der Waals surface area contributed by atoms with Crippen LogP contribution in [0.3, 0.4) is 0 Å². The molecule has 112 valence electrons. The largest absolute Gasteiger partial charge is 0.338 e. The number of rotatable bonds is 2. The van der Waals surface area contributed by atoms with E-state index in [1.165, 1.54) is 44.9 Å². The van der Waals surface area contributed by atoms with Gasteiger partial charge < -0.3 is 4.90 Å². The van der Waals surface area contributed by atoms with Gasteiger partial charge >= 0.3 is 0 Å². The van der Waals surface area contributed by atoms with Crippen LogP contribution in [0.25, 0.3) is 0 Å². The number of carbonyl (C=O) groups is 1. The Morgan fingerprint density at radius 3 is 2.20 bits per heavy atom. The van der Waals surface area contributed by atoms with Crippen molar-refractivity contribution in [3.8, 4) is 0 Å². The molecule has 1 saturated heterocycles. The van der Waals surface area contributed by atoms with Gasteiger partial charge in [0, 0.05) is 17.9 Å². The number of hydrogen-bond donors (Lipinski definition) is 0. The Bertz CT molecular complexity index is 386. The first-order chi connectivity index (χ1) is 9.61. The number of hydrogen-bond acceptors (Lipinski definition) is 1. The summed E-state index contributed by atoms with van der Waals surface area (Å²) in [6, 6.07) is 0.440. The Morgan fingerprint density at radius 1 is 1.15 bits per heavy atom. The summed E-state index contributed by atoms with van der Waals surface area (Å²) < 4.78 is 0. The number of nitrogens with zero attached hydrogens (tertiary/aromatic N) is 1. The van der Waals surface area contributed by atoms with Crippen molar-refractivity contribution in [3.63, 3.8) is 0 Å². The summed E-state index contributed by atoms with van der Waals surface area (Å²) in [6.07, 6.45) is 9.07. The fourth-order valence-corrected chi connectivity index (χ4v) is 7.16. The van der Waals surface area contributed by atoms with E-state index in [0.717, 1.165) is 29.6 Å². The van der Waals surface area contributed by atoms with Crippen LogP contribution in [0, 0.1) is 29.1 Å². The van der Waals surface area contributed by atoms with Gasteiger partial charge in [0.25, 0.3) is 0 Å². The normalized spacial score (nSPS) is 49.9. The molecular formula is C17H26BrNO. The number of carbonyl (C=O) groups excluding carboxylic acids is 1. The minimum atomic E-state index is 0.0548. The summed E-state index contributed by atoms with van der Waals surface area (Å²) in [5.41, 5.74) is 0.0548. The van der Waals surface area contributed by atoms with Crippen molar-refractivity contribution in [2.75, 3.05) is 11.9 Å². The summed E-state index contributed by atoms with van der Waals surface area (Å²) >= 11 is 3.64. The van der Waals surface area contributed by atoms with Crippen LogP contribution in [-0.4, -0.2) is 28.7 Å². The fraction of sp³-hybridized carbons (Fsp3) is 0.941.